The molecule has 0 amide bonds. The van der Waals surface area contributed by atoms with Crippen LogP contribution in [0.25, 0.3) is 6.08 Å². The third kappa shape index (κ3) is 6.24. The van der Waals surface area contributed by atoms with E-state index >= 15 is 0 Å². The van der Waals surface area contributed by atoms with E-state index in [1.165, 1.54) is 6.08 Å². The van der Waals surface area contributed by atoms with Crippen molar-refractivity contribution < 1.29 is 14.3 Å². The predicted octanol–water partition coefficient (Wildman–Crippen LogP) is 4.47. The lowest BCUT2D eigenvalue weighted by molar-refractivity contribution is -0.138. The zero-order valence-electron chi connectivity index (χ0n) is 14.4. The number of nitrogens with zero attached hydrogens (tertiary/aromatic N) is 2. The van der Waals surface area contributed by atoms with Gasteiger partial charge in [-0.2, -0.15) is 0 Å². The van der Waals surface area contributed by atoms with Crippen LogP contribution in [-0.4, -0.2) is 15.9 Å². The SMILES string of the molecule is O=C(C=Cc1ccc(OCc2ccccn2)cc1)OCc1ccc(Cl)nc1. The Bertz CT molecular complexity index is 895. The van der Waals surface area contributed by atoms with E-state index < -0.39 is 5.97 Å². The number of aromatic nitrogens is 2. The van der Waals surface area contributed by atoms with Crippen molar-refractivity contribution in [3.8, 4) is 5.75 Å². The lowest BCUT2D eigenvalue weighted by atomic mass is 10.2. The summed E-state index contributed by atoms with van der Waals surface area (Å²) in [6, 6.07) is 16.5. The Labute approximate surface area is 162 Å². The smallest absolute Gasteiger partial charge is 0.331 e. The first kappa shape index (κ1) is 18.6. The van der Waals surface area contributed by atoms with Crippen LogP contribution >= 0.6 is 11.6 Å². The van der Waals surface area contributed by atoms with Gasteiger partial charge in [-0.05, 0) is 42.0 Å². The minimum atomic E-state index is -0.430. The molecular formula is C21H17ClN2O3. The summed E-state index contributed by atoms with van der Waals surface area (Å²) in [6.45, 7) is 0.551. The van der Waals surface area contributed by atoms with E-state index in [2.05, 4.69) is 9.97 Å². The average Bonchev–Trinajstić information content (AvgIpc) is 2.72. The molecule has 3 rings (SSSR count). The number of carbonyl (C=O) groups is 1. The summed E-state index contributed by atoms with van der Waals surface area (Å²) < 4.78 is 10.8. The summed E-state index contributed by atoms with van der Waals surface area (Å²) >= 11 is 5.71. The van der Waals surface area contributed by atoms with Crippen LogP contribution in [0, 0.1) is 0 Å². The molecule has 0 saturated carbocycles. The second kappa shape index (κ2) is 9.50. The maximum Gasteiger partial charge on any atom is 0.331 e. The molecule has 136 valence electrons. The van der Waals surface area contributed by atoms with Gasteiger partial charge in [-0.1, -0.05) is 35.9 Å². The molecule has 0 spiro atoms. The molecule has 0 bridgehead atoms. The van der Waals surface area contributed by atoms with E-state index in [0.717, 1.165) is 22.6 Å². The Hall–Kier alpha value is -3.18. The molecule has 0 radical (unpaired) electrons. The van der Waals surface area contributed by atoms with Crippen molar-refractivity contribution in [2.75, 3.05) is 0 Å². The number of carbonyl (C=O) groups excluding carboxylic acids is 1. The third-order valence-electron chi connectivity index (χ3n) is 3.57. The molecule has 0 unspecified atom stereocenters. The van der Waals surface area contributed by atoms with Gasteiger partial charge >= 0.3 is 5.97 Å². The quantitative estimate of drug-likeness (QED) is 0.344. The fourth-order valence-corrected chi connectivity index (χ4v) is 2.29. The largest absolute Gasteiger partial charge is 0.487 e. The van der Waals surface area contributed by atoms with Crippen LogP contribution in [0.5, 0.6) is 5.75 Å². The lowest BCUT2D eigenvalue weighted by Crippen LogP contribution is -2.01. The molecule has 2 heterocycles. The molecule has 1 aromatic carbocycles. The molecule has 0 N–H and O–H groups in total. The maximum absolute atomic E-state index is 11.8. The van der Waals surface area contributed by atoms with E-state index in [4.69, 9.17) is 21.1 Å². The summed E-state index contributed by atoms with van der Waals surface area (Å²) in [5.74, 6) is 0.302. The Morgan fingerprint density at radius 3 is 2.56 bits per heavy atom. The standard InChI is InChI=1S/C21H17ClN2O3/c22-20-10-6-17(13-24-20)14-27-21(25)11-7-16-4-8-19(9-5-16)26-15-18-3-1-2-12-23-18/h1-13H,14-15H2. The monoisotopic (exact) mass is 380 g/mol. The molecule has 27 heavy (non-hydrogen) atoms. The number of benzene rings is 1. The van der Waals surface area contributed by atoms with Crippen LogP contribution in [0.3, 0.4) is 0 Å². The topological polar surface area (TPSA) is 61.3 Å². The highest BCUT2D eigenvalue weighted by atomic mass is 35.5. The number of rotatable bonds is 7. The second-order valence-corrected chi connectivity index (χ2v) is 6.00. The Morgan fingerprint density at radius 2 is 1.85 bits per heavy atom. The number of ether oxygens (including phenoxy) is 2. The van der Waals surface area contributed by atoms with Crippen LogP contribution in [-0.2, 0) is 22.7 Å². The Balaban J connectivity index is 1.46. The third-order valence-corrected chi connectivity index (χ3v) is 3.80. The lowest BCUT2D eigenvalue weighted by Gasteiger charge is -2.05. The molecule has 0 aliphatic rings. The first-order chi connectivity index (χ1) is 13.2. The van der Waals surface area contributed by atoms with Crippen molar-refractivity contribution in [3.05, 3.63) is 95.0 Å². The minimum Gasteiger partial charge on any atom is -0.487 e. The van der Waals surface area contributed by atoms with E-state index in [0.29, 0.717) is 11.8 Å². The number of pyridine rings is 2. The normalized spacial score (nSPS) is 10.7. The molecule has 0 saturated heterocycles. The fourth-order valence-electron chi connectivity index (χ4n) is 2.17. The number of halogens is 1. The fraction of sp³-hybridized carbons (Fsp3) is 0.0952. The zero-order valence-corrected chi connectivity index (χ0v) is 15.2. The van der Waals surface area contributed by atoms with Gasteiger partial charge in [-0.15, -0.1) is 0 Å². The van der Waals surface area contributed by atoms with Crippen molar-refractivity contribution in [2.24, 2.45) is 0 Å². The van der Waals surface area contributed by atoms with Gasteiger partial charge in [0.25, 0.3) is 0 Å². The summed E-state index contributed by atoms with van der Waals surface area (Å²) in [5, 5.41) is 0.400. The van der Waals surface area contributed by atoms with Gasteiger partial charge in [0.15, 0.2) is 0 Å². The highest BCUT2D eigenvalue weighted by molar-refractivity contribution is 6.29. The molecule has 0 aliphatic heterocycles. The maximum atomic E-state index is 11.8. The van der Waals surface area contributed by atoms with Crippen LogP contribution in [0.2, 0.25) is 5.15 Å². The van der Waals surface area contributed by atoms with Crippen molar-refractivity contribution in [2.45, 2.75) is 13.2 Å². The van der Waals surface area contributed by atoms with Crippen molar-refractivity contribution in [1.82, 2.24) is 9.97 Å². The molecule has 0 fully saturated rings. The van der Waals surface area contributed by atoms with Crippen molar-refractivity contribution >= 4 is 23.6 Å². The van der Waals surface area contributed by atoms with Crippen LogP contribution in [0.15, 0.2) is 73.1 Å². The summed E-state index contributed by atoms with van der Waals surface area (Å²) in [5.41, 5.74) is 2.50. The van der Waals surface area contributed by atoms with Crippen LogP contribution in [0.1, 0.15) is 16.8 Å². The van der Waals surface area contributed by atoms with E-state index in [-0.39, 0.29) is 6.61 Å². The van der Waals surface area contributed by atoms with E-state index in [1.54, 1.807) is 30.6 Å². The molecular weight excluding hydrogens is 364 g/mol. The van der Waals surface area contributed by atoms with Crippen molar-refractivity contribution in [3.63, 3.8) is 0 Å². The predicted molar refractivity (Wildman–Crippen MR) is 103 cm³/mol. The van der Waals surface area contributed by atoms with Gasteiger partial charge in [0.1, 0.15) is 24.1 Å². The number of hydrogen-bond acceptors (Lipinski definition) is 5. The highest BCUT2D eigenvalue weighted by Gasteiger charge is 2.01. The summed E-state index contributed by atoms with van der Waals surface area (Å²) in [6.07, 6.45) is 6.37. The second-order valence-electron chi connectivity index (χ2n) is 5.61. The summed E-state index contributed by atoms with van der Waals surface area (Å²) in [7, 11) is 0. The van der Waals surface area contributed by atoms with Gasteiger partial charge < -0.3 is 9.47 Å². The van der Waals surface area contributed by atoms with Gasteiger partial charge in [0.05, 0.1) is 5.69 Å². The Kier molecular flexibility index (Phi) is 6.55. The summed E-state index contributed by atoms with van der Waals surface area (Å²) in [4.78, 5) is 19.9. The van der Waals surface area contributed by atoms with Crippen LogP contribution in [0.4, 0.5) is 0 Å². The Morgan fingerprint density at radius 1 is 1.00 bits per heavy atom. The number of hydrogen-bond donors (Lipinski definition) is 0. The first-order valence-electron chi connectivity index (χ1n) is 8.27. The molecule has 3 aromatic rings. The molecule has 5 nitrogen and oxygen atoms in total. The van der Waals surface area contributed by atoms with E-state index in [9.17, 15) is 4.79 Å². The zero-order chi connectivity index (χ0) is 18.9. The van der Waals surface area contributed by atoms with Gasteiger partial charge in [0, 0.05) is 24.0 Å². The molecule has 0 aliphatic carbocycles. The van der Waals surface area contributed by atoms with Crippen LogP contribution < -0.4 is 4.74 Å². The van der Waals surface area contributed by atoms with Gasteiger partial charge in [-0.3, -0.25) is 4.98 Å². The average molecular weight is 381 g/mol. The van der Waals surface area contributed by atoms with E-state index in [1.807, 2.05) is 42.5 Å². The minimum absolute atomic E-state index is 0.146. The number of esters is 1. The molecule has 6 heteroatoms. The highest BCUT2D eigenvalue weighted by Crippen LogP contribution is 2.15. The van der Waals surface area contributed by atoms with Gasteiger partial charge in [0.2, 0.25) is 0 Å². The first-order valence-corrected chi connectivity index (χ1v) is 8.65. The van der Waals surface area contributed by atoms with Gasteiger partial charge in [-0.25, -0.2) is 9.78 Å². The molecule has 2 aromatic heterocycles. The molecule has 0 atom stereocenters. The van der Waals surface area contributed by atoms with Crippen molar-refractivity contribution in [1.29, 1.82) is 0 Å².